The number of aromatic nitrogens is 4. The lowest BCUT2D eigenvalue weighted by atomic mass is 10.4. The summed E-state index contributed by atoms with van der Waals surface area (Å²) in [5.74, 6) is 7.07. The van der Waals surface area contributed by atoms with E-state index in [0.717, 1.165) is 5.69 Å². The molecule has 0 aliphatic heterocycles. The Bertz CT molecular complexity index is 520. The molecule has 0 amide bonds. The summed E-state index contributed by atoms with van der Waals surface area (Å²) < 4.78 is 5.00. The number of nitrogens with zero attached hydrogens (tertiary/aromatic N) is 4. The van der Waals surface area contributed by atoms with Crippen LogP contribution in [-0.2, 0) is 17.9 Å². The van der Waals surface area contributed by atoms with E-state index in [1.807, 2.05) is 6.07 Å². The summed E-state index contributed by atoms with van der Waals surface area (Å²) in [6.07, 6.45) is 3.19. The molecule has 8 heteroatoms. The third kappa shape index (κ3) is 3.83. The molecule has 0 aromatic carbocycles. The van der Waals surface area contributed by atoms with E-state index in [9.17, 15) is 0 Å². The van der Waals surface area contributed by atoms with E-state index >= 15 is 0 Å². The van der Waals surface area contributed by atoms with Gasteiger partial charge in [-0.1, -0.05) is 0 Å². The zero-order valence-electron chi connectivity index (χ0n) is 10.5. The van der Waals surface area contributed by atoms with Gasteiger partial charge in [0.2, 0.25) is 0 Å². The van der Waals surface area contributed by atoms with Gasteiger partial charge in [-0.3, -0.25) is 0 Å². The SMILES string of the molecule is COCc1nc(NN)cc(NCc2ccncn2)n1. The second kappa shape index (κ2) is 6.57. The maximum Gasteiger partial charge on any atom is 0.158 e. The molecule has 19 heavy (non-hydrogen) atoms. The number of hydrazine groups is 1. The molecular weight excluding hydrogens is 246 g/mol. The van der Waals surface area contributed by atoms with Crippen LogP contribution in [0.2, 0.25) is 0 Å². The van der Waals surface area contributed by atoms with Crippen molar-refractivity contribution in [1.29, 1.82) is 0 Å². The average Bonchev–Trinajstić information content (AvgIpc) is 2.46. The first-order valence-corrected chi connectivity index (χ1v) is 5.64. The van der Waals surface area contributed by atoms with Crippen LogP contribution in [0, 0.1) is 0 Å². The zero-order valence-corrected chi connectivity index (χ0v) is 10.5. The van der Waals surface area contributed by atoms with Gasteiger partial charge in [-0.2, -0.15) is 0 Å². The molecule has 0 aliphatic rings. The van der Waals surface area contributed by atoms with Crippen molar-refractivity contribution in [3.8, 4) is 0 Å². The number of nitrogen functional groups attached to an aromatic ring is 1. The molecule has 2 aromatic rings. The van der Waals surface area contributed by atoms with E-state index in [-0.39, 0.29) is 0 Å². The molecule has 0 unspecified atom stereocenters. The highest BCUT2D eigenvalue weighted by Crippen LogP contribution is 2.11. The molecule has 0 saturated heterocycles. The maximum absolute atomic E-state index is 5.36. The van der Waals surface area contributed by atoms with Gasteiger partial charge in [0.15, 0.2) is 5.82 Å². The largest absolute Gasteiger partial charge is 0.377 e. The van der Waals surface area contributed by atoms with Gasteiger partial charge < -0.3 is 15.5 Å². The molecule has 4 N–H and O–H groups in total. The fourth-order valence-corrected chi connectivity index (χ4v) is 1.46. The standard InChI is InChI=1S/C11H15N7O/c1-19-6-11-16-9(4-10(17-11)18-12)14-5-8-2-3-13-7-15-8/h2-4,7H,5-6,12H2,1H3,(H2,14,16,17,18). The third-order valence-corrected chi connectivity index (χ3v) is 2.29. The molecule has 8 nitrogen and oxygen atoms in total. The van der Waals surface area contributed by atoms with E-state index in [1.54, 1.807) is 19.4 Å². The van der Waals surface area contributed by atoms with Gasteiger partial charge in [0.05, 0.1) is 12.2 Å². The van der Waals surface area contributed by atoms with Gasteiger partial charge >= 0.3 is 0 Å². The topological polar surface area (TPSA) is 111 Å². The number of rotatable bonds is 6. The Morgan fingerprint density at radius 2 is 2.16 bits per heavy atom. The van der Waals surface area contributed by atoms with Crippen molar-refractivity contribution in [3.05, 3.63) is 36.2 Å². The Balaban J connectivity index is 2.08. The fourth-order valence-electron chi connectivity index (χ4n) is 1.46. The molecule has 2 rings (SSSR count). The lowest BCUT2D eigenvalue weighted by molar-refractivity contribution is 0.178. The first-order chi connectivity index (χ1) is 9.31. The van der Waals surface area contributed by atoms with Gasteiger partial charge in [-0.05, 0) is 6.07 Å². The highest BCUT2D eigenvalue weighted by molar-refractivity contribution is 5.46. The second-order valence-corrected chi connectivity index (χ2v) is 3.69. The number of ether oxygens (including phenoxy) is 1. The zero-order chi connectivity index (χ0) is 13.5. The van der Waals surface area contributed by atoms with Crippen LogP contribution in [0.15, 0.2) is 24.7 Å². The fraction of sp³-hybridized carbons (Fsp3) is 0.273. The van der Waals surface area contributed by atoms with Crippen LogP contribution < -0.4 is 16.6 Å². The number of nitrogens with two attached hydrogens (primary N) is 1. The quantitative estimate of drug-likeness (QED) is 0.503. The van der Waals surface area contributed by atoms with E-state index < -0.39 is 0 Å². The molecule has 0 atom stereocenters. The molecule has 0 spiro atoms. The summed E-state index contributed by atoms with van der Waals surface area (Å²) in [4.78, 5) is 16.4. The Morgan fingerprint density at radius 1 is 1.32 bits per heavy atom. The van der Waals surface area contributed by atoms with Crippen molar-refractivity contribution >= 4 is 11.6 Å². The Labute approximate surface area is 110 Å². The Hall–Kier alpha value is -2.32. The average molecular weight is 261 g/mol. The van der Waals surface area contributed by atoms with Crippen LogP contribution in [0.25, 0.3) is 0 Å². The molecule has 0 radical (unpaired) electrons. The summed E-state index contributed by atoms with van der Waals surface area (Å²) in [5, 5.41) is 3.14. The summed E-state index contributed by atoms with van der Waals surface area (Å²) in [6, 6.07) is 3.53. The number of methoxy groups -OCH3 is 1. The van der Waals surface area contributed by atoms with E-state index in [0.29, 0.717) is 30.6 Å². The van der Waals surface area contributed by atoms with Crippen LogP contribution in [0.3, 0.4) is 0 Å². The number of hydrogen-bond acceptors (Lipinski definition) is 8. The normalized spacial score (nSPS) is 10.2. The smallest absolute Gasteiger partial charge is 0.158 e. The van der Waals surface area contributed by atoms with Crippen molar-refractivity contribution < 1.29 is 4.74 Å². The molecule has 2 heterocycles. The molecule has 2 aromatic heterocycles. The van der Waals surface area contributed by atoms with Gasteiger partial charge in [-0.25, -0.2) is 25.8 Å². The lowest BCUT2D eigenvalue weighted by Crippen LogP contribution is -2.13. The summed E-state index contributed by atoms with van der Waals surface area (Å²) in [6.45, 7) is 0.855. The van der Waals surface area contributed by atoms with Gasteiger partial charge in [0, 0.05) is 19.4 Å². The number of hydrogen-bond donors (Lipinski definition) is 3. The van der Waals surface area contributed by atoms with Gasteiger partial charge in [0.25, 0.3) is 0 Å². The summed E-state index contributed by atoms with van der Waals surface area (Å²) in [5.41, 5.74) is 3.36. The molecule has 0 saturated carbocycles. The molecule has 0 aliphatic carbocycles. The molecule has 0 fully saturated rings. The van der Waals surface area contributed by atoms with Gasteiger partial charge in [-0.15, -0.1) is 0 Å². The first-order valence-electron chi connectivity index (χ1n) is 5.64. The maximum atomic E-state index is 5.36. The summed E-state index contributed by atoms with van der Waals surface area (Å²) >= 11 is 0. The minimum atomic E-state index is 0.317. The van der Waals surface area contributed by atoms with Crippen molar-refractivity contribution in [1.82, 2.24) is 19.9 Å². The van der Waals surface area contributed by atoms with E-state index in [1.165, 1.54) is 6.33 Å². The second-order valence-electron chi connectivity index (χ2n) is 3.69. The van der Waals surface area contributed by atoms with E-state index in [2.05, 4.69) is 30.7 Å². The predicted octanol–water partition coefficient (Wildman–Crippen LogP) is 0.311. The Morgan fingerprint density at radius 3 is 2.84 bits per heavy atom. The molecule has 100 valence electrons. The van der Waals surface area contributed by atoms with Crippen molar-refractivity contribution in [3.63, 3.8) is 0 Å². The third-order valence-electron chi connectivity index (χ3n) is 2.29. The van der Waals surface area contributed by atoms with Crippen LogP contribution in [-0.4, -0.2) is 27.0 Å². The molecular formula is C11H15N7O. The van der Waals surface area contributed by atoms with E-state index in [4.69, 9.17) is 10.6 Å². The predicted molar refractivity (Wildman–Crippen MR) is 69.9 cm³/mol. The van der Waals surface area contributed by atoms with Gasteiger partial charge in [0.1, 0.15) is 24.6 Å². The first kappa shape index (κ1) is 13.1. The monoisotopic (exact) mass is 261 g/mol. The van der Waals surface area contributed by atoms with Crippen LogP contribution >= 0.6 is 0 Å². The highest BCUT2D eigenvalue weighted by atomic mass is 16.5. The number of nitrogens with one attached hydrogen (secondary N) is 2. The van der Waals surface area contributed by atoms with Crippen molar-refractivity contribution in [2.24, 2.45) is 5.84 Å². The van der Waals surface area contributed by atoms with Crippen LogP contribution in [0.4, 0.5) is 11.6 Å². The highest BCUT2D eigenvalue weighted by Gasteiger charge is 2.04. The lowest BCUT2D eigenvalue weighted by Gasteiger charge is -2.09. The Kier molecular flexibility index (Phi) is 4.54. The minimum Gasteiger partial charge on any atom is -0.377 e. The van der Waals surface area contributed by atoms with Crippen molar-refractivity contribution in [2.75, 3.05) is 17.9 Å². The summed E-state index contributed by atoms with van der Waals surface area (Å²) in [7, 11) is 1.58. The van der Waals surface area contributed by atoms with Crippen LogP contribution in [0.1, 0.15) is 11.5 Å². The number of anilines is 2. The molecule has 0 bridgehead atoms. The van der Waals surface area contributed by atoms with Crippen LogP contribution in [0.5, 0.6) is 0 Å². The van der Waals surface area contributed by atoms with Crippen molar-refractivity contribution in [2.45, 2.75) is 13.2 Å². The minimum absolute atomic E-state index is 0.317.